The average molecular weight is 172 g/mol. The number of hydrogen-bond donors (Lipinski definition) is 0. The molecule has 1 aromatic carbocycles. The number of aromatic nitrogens is 2. The number of nitrogens with zero attached hydrogens (tertiary/aromatic N) is 2. The Hall–Kier alpha value is -1.44. The molecule has 0 amide bonds. The smallest absolute Gasteiger partial charge is 0.0930 e. The van der Waals surface area contributed by atoms with Gasteiger partial charge in [-0.2, -0.15) is 10.2 Å². The minimum absolute atomic E-state index is 0.941. The van der Waals surface area contributed by atoms with Crippen molar-refractivity contribution < 1.29 is 0 Å². The molecule has 0 spiro atoms. The summed E-state index contributed by atoms with van der Waals surface area (Å²) in [6.07, 6.45) is 0.941. The highest BCUT2D eigenvalue weighted by atomic mass is 15.1. The molecule has 0 N–H and O–H groups in total. The van der Waals surface area contributed by atoms with Crippen LogP contribution in [0.5, 0.6) is 0 Å². The summed E-state index contributed by atoms with van der Waals surface area (Å²) in [5.74, 6) is 0. The van der Waals surface area contributed by atoms with Crippen LogP contribution < -0.4 is 0 Å². The van der Waals surface area contributed by atoms with Crippen molar-refractivity contribution in [1.29, 1.82) is 0 Å². The normalized spacial score (nSPS) is 10.6. The average Bonchev–Trinajstić information content (AvgIpc) is 2.16. The summed E-state index contributed by atoms with van der Waals surface area (Å²) in [6.45, 7) is 4.18. The molecule has 0 bridgehead atoms. The van der Waals surface area contributed by atoms with Gasteiger partial charge in [-0.05, 0) is 31.5 Å². The van der Waals surface area contributed by atoms with Crippen LogP contribution in [0.25, 0.3) is 10.9 Å². The van der Waals surface area contributed by atoms with E-state index >= 15 is 0 Å². The molecular weight excluding hydrogens is 160 g/mol. The number of hydrogen-bond acceptors (Lipinski definition) is 2. The monoisotopic (exact) mass is 172 g/mol. The Morgan fingerprint density at radius 3 is 2.77 bits per heavy atom. The zero-order valence-electron chi connectivity index (χ0n) is 7.91. The second-order valence-electron chi connectivity index (χ2n) is 3.25. The van der Waals surface area contributed by atoms with Crippen molar-refractivity contribution in [3.05, 3.63) is 35.5 Å². The Morgan fingerprint density at radius 2 is 2.00 bits per heavy atom. The van der Waals surface area contributed by atoms with Gasteiger partial charge in [0.1, 0.15) is 0 Å². The molecule has 2 heteroatoms. The third-order valence-electron chi connectivity index (χ3n) is 2.15. The van der Waals surface area contributed by atoms with Crippen LogP contribution in [0.1, 0.15) is 18.2 Å². The van der Waals surface area contributed by atoms with Crippen LogP contribution in [0, 0.1) is 6.92 Å². The van der Waals surface area contributed by atoms with E-state index in [1.165, 1.54) is 10.9 Å². The van der Waals surface area contributed by atoms with Gasteiger partial charge in [-0.1, -0.05) is 18.6 Å². The van der Waals surface area contributed by atoms with E-state index in [0.29, 0.717) is 0 Å². The van der Waals surface area contributed by atoms with E-state index < -0.39 is 0 Å². The van der Waals surface area contributed by atoms with Crippen LogP contribution in [0.15, 0.2) is 24.3 Å². The Balaban J connectivity index is 2.68. The lowest BCUT2D eigenvalue weighted by molar-refractivity contribution is 0.944. The molecule has 0 saturated heterocycles. The van der Waals surface area contributed by atoms with Crippen LogP contribution in [-0.2, 0) is 6.42 Å². The lowest BCUT2D eigenvalue weighted by Crippen LogP contribution is -1.91. The number of benzene rings is 1. The van der Waals surface area contributed by atoms with Gasteiger partial charge in [0.2, 0.25) is 0 Å². The molecule has 0 aliphatic carbocycles. The Labute approximate surface area is 77.6 Å². The van der Waals surface area contributed by atoms with Crippen molar-refractivity contribution in [1.82, 2.24) is 10.2 Å². The first kappa shape index (κ1) is 8.17. The molecule has 66 valence electrons. The molecule has 0 radical (unpaired) electrons. The van der Waals surface area contributed by atoms with Gasteiger partial charge in [0, 0.05) is 5.39 Å². The first-order valence-electron chi connectivity index (χ1n) is 4.52. The van der Waals surface area contributed by atoms with E-state index in [0.717, 1.165) is 17.6 Å². The first-order valence-corrected chi connectivity index (χ1v) is 4.52. The van der Waals surface area contributed by atoms with Crippen molar-refractivity contribution in [2.75, 3.05) is 0 Å². The topological polar surface area (TPSA) is 25.8 Å². The maximum atomic E-state index is 4.14. The van der Waals surface area contributed by atoms with Gasteiger partial charge in [0.05, 0.1) is 11.2 Å². The molecule has 0 aliphatic heterocycles. The summed E-state index contributed by atoms with van der Waals surface area (Å²) >= 11 is 0. The number of rotatable bonds is 1. The van der Waals surface area contributed by atoms with Gasteiger partial charge < -0.3 is 0 Å². The quantitative estimate of drug-likeness (QED) is 0.660. The van der Waals surface area contributed by atoms with E-state index in [1.54, 1.807) is 0 Å². The van der Waals surface area contributed by atoms with Gasteiger partial charge in [0.15, 0.2) is 0 Å². The summed E-state index contributed by atoms with van der Waals surface area (Å²) in [6, 6.07) is 8.32. The highest BCUT2D eigenvalue weighted by molar-refractivity contribution is 5.78. The van der Waals surface area contributed by atoms with E-state index in [4.69, 9.17) is 0 Å². The zero-order valence-corrected chi connectivity index (χ0v) is 7.91. The minimum atomic E-state index is 0.941. The number of aryl methyl sites for hydroxylation is 2. The van der Waals surface area contributed by atoms with E-state index in [2.05, 4.69) is 42.2 Å². The molecule has 0 aliphatic rings. The maximum absolute atomic E-state index is 4.14. The second kappa shape index (κ2) is 3.13. The minimum Gasteiger partial charge on any atom is -0.155 e. The summed E-state index contributed by atoms with van der Waals surface area (Å²) in [4.78, 5) is 0. The van der Waals surface area contributed by atoms with E-state index in [-0.39, 0.29) is 0 Å². The van der Waals surface area contributed by atoms with Gasteiger partial charge in [-0.25, -0.2) is 0 Å². The van der Waals surface area contributed by atoms with Crippen molar-refractivity contribution in [2.45, 2.75) is 20.3 Å². The van der Waals surface area contributed by atoms with E-state index in [1.807, 2.05) is 6.07 Å². The SMILES string of the molecule is CCc1cc2cc(C)ccc2nn1. The molecule has 0 unspecified atom stereocenters. The fraction of sp³-hybridized carbons (Fsp3) is 0.273. The first-order chi connectivity index (χ1) is 6.29. The van der Waals surface area contributed by atoms with Crippen molar-refractivity contribution in [3.63, 3.8) is 0 Å². The molecule has 2 rings (SSSR count). The molecule has 2 nitrogen and oxygen atoms in total. The molecular formula is C11H12N2. The van der Waals surface area contributed by atoms with E-state index in [9.17, 15) is 0 Å². The zero-order chi connectivity index (χ0) is 9.26. The second-order valence-corrected chi connectivity index (χ2v) is 3.25. The van der Waals surface area contributed by atoms with Crippen LogP contribution in [0.3, 0.4) is 0 Å². The molecule has 1 aromatic heterocycles. The standard InChI is InChI=1S/C11H12N2/c1-3-10-7-9-6-8(2)4-5-11(9)13-12-10/h4-7H,3H2,1-2H3. The van der Waals surface area contributed by atoms with Crippen molar-refractivity contribution in [2.24, 2.45) is 0 Å². The Kier molecular flexibility index (Phi) is 1.97. The summed E-state index contributed by atoms with van der Waals surface area (Å²) in [5, 5.41) is 9.44. The third-order valence-corrected chi connectivity index (χ3v) is 2.15. The summed E-state index contributed by atoms with van der Waals surface area (Å²) in [7, 11) is 0. The lowest BCUT2D eigenvalue weighted by atomic mass is 10.1. The fourth-order valence-corrected chi connectivity index (χ4v) is 1.38. The van der Waals surface area contributed by atoms with Gasteiger partial charge in [-0.3, -0.25) is 0 Å². The van der Waals surface area contributed by atoms with Crippen molar-refractivity contribution >= 4 is 10.9 Å². The highest BCUT2D eigenvalue weighted by Gasteiger charge is 1.97. The summed E-state index contributed by atoms with van der Waals surface area (Å²) in [5.41, 5.74) is 3.29. The fourth-order valence-electron chi connectivity index (χ4n) is 1.38. The van der Waals surface area contributed by atoms with Gasteiger partial charge >= 0.3 is 0 Å². The lowest BCUT2D eigenvalue weighted by Gasteiger charge is -1.99. The Bertz CT molecular complexity index is 435. The number of fused-ring (bicyclic) bond motifs is 1. The van der Waals surface area contributed by atoms with Crippen LogP contribution >= 0.6 is 0 Å². The maximum Gasteiger partial charge on any atom is 0.0930 e. The molecule has 1 heterocycles. The molecule has 0 atom stereocenters. The van der Waals surface area contributed by atoms with Crippen molar-refractivity contribution in [3.8, 4) is 0 Å². The highest BCUT2D eigenvalue weighted by Crippen LogP contribution is 2.13. The van der Waals surface area contributed by atoms with Gasteiger partial charge in [-0.15, -0.1) is 0 Å². The molecule has 13 heavy (non-hydrogen) atoms. The molecule has 2 aromatic rings. The molecule has 0 fully saturated rings. The predicted molar refractivity (Wildman–Crippen MR) is 53.7 cm³/mol. The van der Waals surface area contributed by atoms with Crippen LogP contribution in [-0.4, -0.2) is 10.2 Å². The molecule has 0 saturated carbocycles. The predicted octanol–water partition coefficient (Wildman–Crippen LogP) is 2.50. The van der Waals surface area contributed by atoms with Crippen LogP contribution in [0.2, 0.25) is 0 Å². The van der Waals surface area contributed by atoms with Crippen LogP contribution in [0.4, 0.5) is 0 Å². The summed E-state index contributed by atoms with van der Waals surface area (Å²) < 4.78 is 0. The van der Waals surface area contributed by atoms with Gasteiger partial charge in [0.25, 0.3) is 0 Å². The Morgan fingerprint density at radius 1 is 1.15 bits per heavy atom. The third kappa shape index (κ3) is 1.52. The largest absolute Gasteiger partial charge is 0.155 e.